The van der Waals surface area contributed by atoms with Crippen LogP contribution in [0.3, 0.4) is 0 Å². The molecule has 172 valence electrons. The fraction of sp³-hybridized carbons (Fsp3) is 0.792. The number of rotatable bonds is 5. The number of aliphatic carboxylic acids is 1. The van der Waals surface area contributed by atoms with Crippen molar-refractivity contribution in [3.63, 3.8) is 0 Å². The number of allylic oxidation sites excluding steroid dienone is 2. The molecule has 0 aromatic carbocycles. The van der Waals surface area contributed by atoms with Gasteiger partial charge in [0.2, 0.25) is 0 Å². The molecule has 2 N–H and O–H groups in total. The second-order valence-corrected chi connectivity index (χ2v) is 10.8. The first-order valence-electron chi connectivity index (χ1n) is 11.7. The fourth-order valence-corrected chi connectivity index (χ4v) is 7.28. The maximum absolute atomic E-state index is 11.6. The number of aliphatic hydroxyl groups is 1. The van der Waals surface area contributed by atoms with Gasteiger partial charge in [-0.25, -0.2) is 0 Å². The molecule has 0 unspecified atom stereocenters. The van der Waals surface area contributed by atoms with Crippen LogP contribution in [0.2, 0.25) is 0 Å². The molecular weight excluding hydrogens is 396 g/mol. The van der Waals surface area contributed by atoms with Gasteiger partial charge in [-0.2, -0.15) is 0 Å². The minimum absolute atomic E-state index is 0.0398. The fourth-order valence-electron chi connectivity index (χ4n) is 7.28. The maximum Gasteiger partial charge on any atom is 0.261 e. The molecule has 0 radical (unpaired) electrons. The molecule has 3 fully saturated rings. The van der Waals surface area contributed by atoms with Gasteiger partial charge in [-0.15, -0.1) is 0 Å². The summed E-state index contributed by atoms with van der Waals surface area (Å²) in [7, 11) is 0. The first kappa shape index (κ1) is 22.3. The summed E-state index contributed by atoms with van der Waals surface area (Å²) in [5, 5.41) is 27.8. The first-order valence-corrected chi connectivity index (χ1v) is 11.7. The summed E-state index contributed by atoms with van der Waals surface area (Å²) in [6.45, 7) is 5.95. The number of carboxylic acids is 1. The third kappa shape index (κ3) is 3.79. The summed E-state index contributed by atoms with van der Waals surface area (Å²) in [6.07, 6.45) is 10.5. The number of amides is 1. The highest BCUT2D eigenvalue weighted by atomic mass is 16.6. The lowest BCUT2D eigenvalue weighted by atomic mass is 9.46. The number of carbonyl (C=O) groups is 2. The molecule has 7 heteroatoms. The Bertz CT molecular complexity index is 819. The van der Waals surface area contributed by atoms with Crippen LogP contribution in [0.25, 0.3) is 0 Å². The second kappa shape index (κ2) is 7.91. The summed E-state index contributed by atoms with van der Waals surface area (Å²) >= 11 is 0. The lowest BCUT2D eigenvalue weighted by Gasteiger charge is -2.59. The van der Waals surface area contributed by atoms with Gasteiger partial charge in [-0.3, -0.25) is 4.79 Å². The van der Waals surface area contributed by atoms with Crippen molar-refractivity contribution >= 4 is 17.6 Å². The van der Waals surface area contributed by atoms with Gasteiger partial charge in [-0.1, -0.05) is 24.6 Å². The number of carbonyl (C=O) groups excluding carboxylic acids is 2. The van der Waals surface area contributed by atoms with Crippen molar-refractivity contribution in [1.29, 1.82) is 0 Å². The van der Waals surface area contributed by atoms with Crippen molar-refractivity contribution in [1.82, 2.24) is 5.32 Å². The third-order valence-electron chi connectivity index (χ3n) is 9.35. The van der Waals surface area contributed by atoms with E-state index in [1.165, 1.54) is 18.4 Å². The normalized spacial score (nSPS) is 42.8. The molecule has 0 aromatic rings. The number of carboxylic acid groups (broad SMARTS) is 1. The Kier molecular flexibility index (Phi) is 5.69. The van der Waals surface area contributed by atoms with Crippen molar-refractivity contribution in [2.75, 3.05) is 13.2 Å². The lowest BCUT2D eigenvalue weighted by Crippen LogP contribution is -2.53. The van der Waals surface area contributed by atoms with E-state index in [1.807, 2.05) is 6.92 Å². The Morgan fingerprint density at radius 3 is 2.65 bits per heavy atom. The highest BCUT2D eigenvalue weighted by molar-refractivity contribution is 5.96. The highest BCUT2D eigenvalue weighted by Crippen LogP contribution is 2.67. The van der Waals surface area contributed by atoms with E-state index in [2.05, 4.69) is 30.4 Å². The number of nitrogens with one attached hydrogen (secondary N) is 1. The molecule has 4 aliphatic rings. The van der Waals surface area contributed by atoms with Gasteiger partial charge in [0.15, 0.2) is 6.61 Å². The Morgan fingerprint density at radius 2 is 1.90 bits per heavy atom. The summed E-state index contributed by atoms with van der Waals surface area (Å²) in [5.41, 5.74) is 1.96. The van der Waals surface area contributed by atoms with E-state index in [4.69, 9.17) is 4.84 Å². The van der Waals surface area contributed by atoms with Gasteiger partial charge in [0.25, 0.3) is 5.91 Å². The number of nitrogens with zero attached hydrogens (tertiary/aromatic N) is 1. The SMILES string of the molecule is C[C@]12CCC(=NOCC(=O)NCC(=O)[O-])C=C1CC[C@@H]1[C@@H]2CC[C@@]2(C)[C@H]1CC[C@]2(C)O. The summed E-state index contributed by atoms with van der Waals surface area (Å²) in [4.78, 5) is 27.1. The van der Waals surface area contributed by atoms with E-state index in [9.17, 15) is 19.8 Å². The van der Waals surface area contributed by atoms with Crippen molar-refractivity contribution in [3.8, 4) is 0 Å². The van der Waals surface area contributed by atoms with Crippen molar-refractivity contribution in [2.45, 2.75) is 77.7 Å². The molecule has 0 aliphatic heterocycles. The molecule has 0 bridgehead atoms. The molecule has 0 spiro atoms. The molecule has 1 amide bonds. The smallest absolute Gasteiger partial charge is 0.261 e. The largest absolute Gasteiger partial charge is 0.548 e. The van der Waals surface area contributed by atoms with Crippen LogP contribution in [0.15, 0.2) is 16.8 Å². The standard InChI is InChI=1S/C24H36N2O5/c1-22-9-6-16(26-31-14-20(27)25-13-21(28)29)12-15(22)4-5-17-18(22)7-10-23(2)19(17)8-11-24(23,3)30/h12,17-19,30H,4-11,13-14H2,1-3H3,(H,25,27)(H,28,29)/p-1/t17-,18+,19+,22+,23+,24+/m1/s1. The molecule has 0 aromatic heterocycles. The van der Waals surface area contributed by atoms with Crippen LogP contribution < -0.4 is 10.4 Å². The van der Waals surface area contributed by atoms with Gasteiger partial charge in [0.05, 0.1) is 23.8 Å². The minimum Gasteiger partial charge on any atom is -0.548 e. The van der Waals surface area contributed by atoms with Gasteiger partial charge >= 0.3 is 0 Å². The van der Waals surface area contributed by atoms with Crippen LogP contribution in [-0.2, 0) is 14.4 Å². The predicted molar refractivity (Wildman–Crippen MR) is 114 cm³/mol. The van der Waals surface area contributed by atoms with Crippen LogP contribution in [0.5, 0.6) is 0 Å². The van der Waals surface area contributed by atoms with E-state index in [0.29, 0.717) is 17.8 Å². The number of hydrogen-bond acceptors (Lipinski definition) is 6. The average molecular weight is 432 g/mol. The predicted octanol–water partition coefficient (Wildman–Crippen LogP) is 1.94. The van der Waals surface area contributed by atoms with Gasteiger partial charge < -0.3 is 25.2 Å². The summed E-state index contributed by atoms with van der Waals surface area (Å²) in [5.74, 6) is 0.0720. The van der Waals surface area contributed by atoms with Crippen LogP contribution in [0.1, 0.15) is 72.1 Å². The van der Waals surface area contributed by atoms with Gasteiger partial charge in [0.1, 0.15) is 0 Å². The number of hydrogen-bond donors (Lipinski definition) is 2. The van der Waals surface area contributed by atoms with Crippen molar-refractivity contribution in [2.24, 2.45) is 33.7 Å². The summed E-state index contributed by atoms with van der Waals surface area (Å²) < 4.78 is 0. The Labute approximate surface area is 184 Å². The monoisotopic (exact) mass is 431 g/mol. The number of oxime groups is 1. The van der Waals surface area contributed by atoms with Gasteiger partial charge in [-0.05, 0) is 93.0 Å². The van der Waals surface area contributed by atoms with Gasteiger partial charge in [0, 0.05) is 0 Å². The Hall–Kier alpha value is -1.89. The van der Waals surface area contributed by atoms with Crippen LogP contribution in [-0.4, -0.2) is 41.4 Å². The molecule has 4 rings (SSSR count). The second-order valence-electron chi connectivity index (χ2n) is 10.8. The summed E-state index contributed by atoms with van der Waals surface area (Å²) in [6, 6.07) is 0. The Morgan fingerprint density at radius 1 is 1.16 bits per heavy atom. The average Bonchev–Trinajstić information content (AvgIpc) is 2.96. The molecule has 0 heterocycles. The minimum atomic E-state index is -1.34. The molecule has 31 heavy (non-hydrogen) atoms. The zero-order valence-corrected chi connectivity index (χ0v) is 18.9. The number of fused-ring (bicyclic) bond motifs is 5. The van der Waals surface area contributed by atoms with Crippen molar-refractivity contribution in [3.05, 3.63) is 11.6 Å². The van der Waals surface area contributed by atoms with E-state index in [0.717, 1.165) is 44.2 Å². The highest BCUT2D eigenvalue weighted by Gasteiger charge is 2.62. The quantitative estimate of drug-likeness (QED) is 0.646. The molecule has 7 nitrogen and oxygen atoms in total. The molecular formula is C24H35N2O5-. The zero-order chi connectivity index (χ0) is 22.4. The topological polar surface area (TPSA) is 111 Å². The van der Waals surface area contributed by atoms with Crippen LogP contribution >= 0.6 is 0 Å². The van der Waals surface area contributed by atoms with E-state index < -0.39 is 24.0 Å². The van der Waals surface area contributed by atoms with Crippen LogP contribution in [0, 0.1) is 28.6 Å². The Balaban J connectivity index is 1.43. The van der Waals surface area contributed by atoms with E-state index in [-0.39, 0.29) is 17.4 Å². The zero-order valence-electron chi connectivity index (χ0n) is 18.9. The first-order chi connectivity index (χ1) is 14.6. The van der Waals surface area contributed by atoms with E-state index >= 15 is 0 Å². The molecule has 6 atom stereocenters. The van der Waals surface area contributed by atoms with Crippen molar-refractivity contribution < 1.29 is 24.6 Å². The maximum atomic E-state index is 11.6. The molecule has 3 saturated carbocycles. The molecule has 4 aliphatic carbocycles. The van der Waals surface area contributed by atoms with Crippen LogP contribution in [0.4, 0.5) is 0 Å². The lowest BCUT2D eigenvalue weighted by molar-refractivity contribution is -0.304. The van der Waals surface area contributed by atoms with E-state index in [1.54, 1.807) is 0 Å². The third-order valence-corrected chi connectivity index (χ3v) is 9.35. The molecule has 0 saturated heterocycles.